The molecule has 3 rings (SSSR count). The summed E-state index contributed by atoms with van der Waals surface area (Å²) < 4.78 is 6.66. The SMILES string of the molecule is CN(C)c1ccc(-c2nc3cc(Br)cc(N)c3o2)cc1. The van der Waals surface area contributed by atoms with Crippen LogP contribution in [0.4, 0.5) is 11.4 Å². The fourth-order valence-corrected chi connectivity index (χ4v) is 2.51. The van der Waals surface area contributed by atoms with Crippen molar-refractivity contribution in [3.8, 4) is 11.5 Å². The standard InChI is InChI=1S/C15H14BrN3O/c1-19(2)11-5-3-9(4-6-11)15-18-13-8-10(16)7-12(17)14(13)20-15/h3-8H,17H2,1-2H3. The lowest BCUT2D eigenvalue weighted by atomic mass is 10.2. The first-order chi connectivity index (χ1) is 9.54. The van der Waals surface area contributed by atoms with Crippen LogP contribution in [-0.2, 0) is 0 Å². The highest BCUT2D eigenvalue weighted by Gasteiger charge is 2.11. The summed E-state index contributed by atoms with van der Waals surface area (Å²) in [5, 5.41) is 0. The Hall–Kier alpha value is -2.01. The molecule has 20 heavy (non-hydrogen) atoms. The van der Waals surface area contributed by atoms with Gasteiger partial charge in [0.05, 0.1) is 5.69 Å². The van der Waals surface area contributed by atoms with Crippen molar-refractivity contribution >= 4 is 38.4 Å². The highest BCUT2D eigenvalue weighted by molar-refractivity contribution is 9.10. The van der Waals surface area contributed by atoms with Crippen LogP contribution in [0, 0.1) is 0 Å². The van der Waals surface area contributed by atoms with E-state index < -0.39 is 0 Å². The second-order valence-electron chi connectivity index (χ2n) is 4.80. The Morgan fingerprint density at radius 3 is 2.50 bits per heavy atom. The molecule has 3 aromatic rings. The number of fused-ring (bicyclic) bond motifs is 1. The molecule has 2 aromatic carbocycles. The van der Waals surface area contributed by atoms with Gasteiger partial charge in [-0.1, -0.05) is 15.9 Å². The normalized spacial score (nSPS) is 10.9. The predicted molar refractivity (Wildman–Crippen MR) is 85.9 cm³/mol. The highest BCUT2D eigenvalue weighted by Crippen LogP contribution is 2.31. The van der Waals surface area contributed by atoms with Gasteiger partial charge in [-0.05, 0) is 36.4 Å². The molecule has 0 unspecified atom stereocenters. The molecule has 0 bridgehead atoms. The summed E-state index contributed by atoms with van der Waals surface area (Å²) in [6.45, 7) is 0. The molecule has 0 spiro atoms. The maximum atomic E-state index is 5.94. The van der Waals surface area contributed by atoms with Crippen LogP contribution < -0.4 is 10.6 Å². The summed E-state index contributed by atoms with van der Waals surface area (Å²) >= 11 is 3.41. The number of halogens is 1. The van der Waals surface area contributed by atoms with Crippen LogP contribution in [0.3, 0.4) is 0 Å². The van der Waals surface area contributed by atoms with Crippen LogP contribution in [0.2, 0.25) is 0 Å². The van der Waals surface area contributed by atoms with Gasteiger partial charge in [-0.3, -0.25) is 0 Å². The molecule has 0 aliphatic carbocycles. The number of nitrogens with two attached hydrogens (primary N) is 1. The Balaban J connectivity index is 2.08. The highest BCUT2D eigenvalue weighted by atomic mass is 79.9. The predicted octanol–water partition coefficient (Wildman–Crippen LogP) is 3.91. The van der Waals surface area contributed by atoms with Gasteiger partial charge in [-0.15, -0.1) is 0 Å². The van der Waals surface area contributed by atoms with Crippen LogP contribution in [0.25, 0.3) is 22.6 Å². The number of aromatic nitrogens is 1. The van der Waals surface area contributed by atoms with Gasteiger partial charge in [0.1, 0.15) is 5.52 Å². The van der Waals surface area contributed by atoms with Gasteiger partial charge < -0.3 is 15.1 Å². The quantitative estimate of drug-likeness (QED) is 0.723. The Bertz CT molecular complexity index is 763. The minimum Gasteiger partial charge on any atom is -0.434 e. The van der Waals surface area contributed by atoms with Crippen LogP contribution in [0.15, 0.2) is 45.3 Å². The van der Waals surface area contributed by atoms with Crippen molar-refractivity contribution in [3.63, 3.8) is 0 Å². The molecular weight excluding hydrogens is 318 g/mol. The molecule has 0 saturated heterocycles. The molecule has 4 nitrogen and oxygen atoms in total. The summed E-state index contributed by atoms with van der Waals surface area (Å²) in [6, 6.07) is 11.8. The zero-order chi connectivity index (χ0) is 14.3. The van der Waals surface area contributed by atoms with E-state index in [1.807, 2.05) is 55.4 Å². The minimum atomic E-state index is 0.579. The van der Waals surface area contributed by atoms with Crippen molar-refractivity contribution in [2.24, 2.45) is 0 Å². The third-order valence-electron chi connectivity index (χ3n) is 3.11. The molecule has 0 amide bonds. The maximum Gasteiger partial charge on any atom is 0.227 e. The first kappa shape index (κ1) is 13.0. The smallest absolute Gasteiger partial charge is 0.227 e. The van der Waals surface area contributed by atoms with Crippen molar-refractivity contribution in [1.82, 2.24) is 4.98 Å². The molecule has 0 atom stereocenters. The average Bonchev–Trinajstić information content (AvgIpc) is 2.83. The second-order valence-corrected chi connectivity index (χ2v) is 5.72. The first-order valence-electron chi connectivity index (χ1n) is 6.18. The molecule has 1 heterocycles. The first-order valence-corrected chi connectivity index (χ1v) is 6.97. The average molecular weight is 332 g/mol. The summed E-state index contributed by atoms with van der Waals surface area (Å²) in [4.78, 5) is 6.54. The van der Waals surface area contributed by atoms with E-state index in [-0.39, 0.29) is 0 Å². The lowest BCUT2D eigenvalue weighted by Gasteiger charge is -2.11. The lowest BCUT2D eigenvalue weighted by Crippen LogP contribution is -2.07. The van der Waals surface area contributed by atoms with E-state index in [0.717, 1.165) is 21.2 Å². The number of benzene rings is 2. The number of hydrogen-bond acceptors (Lipinski definition) is 4. The number of nitrogen functional groups attached to an aromatic ring is 1. The van der Waals surface area contributed by atoms with Crippen molar-refractivity contribution in [2.75, 3.05) is 24.7 Å². The van der Waals surface area contributed by atoms with Gasteiger partial charge in [0, 0.05) is 29.8 Å². The molecule has 0 saturated carbocycles. The molecule has 0 radical (unpaired) electrons. The van der Waals surface area contributed by atoms with Gasteiger partial charge in [0.25, 0.3) is 0 Å². The topological polar surface area (TPSA) is 55.3 Å². The largest absolute Gasteiger partial charge is 0.434 e. The van der Waals surface area contributed by atoms with Gasteiger partial charge in [-0.25, -0.2) is 4.98 Å². The van der Waals surface area contributed by atoms with Crippen LogP contribution in [0.5, 0.6) is 0 Å². The van der Waals surface area contributed by atoms with Crippen LogP contribution >= 0.6 is 15.9 Å². The summed E-state index contributed by atoms with van der Waals surface area (Å²) in [7, 11) is 4.01. The van der Waals surface area contributed by atoms with Crippen LogP contribution in [0.1, 0.15) is 0 Å². The molecule has 102 valence electrons. The number of rotatable bonds is 2. The fourth-order valence-electron chi connectivity index (χ4n) is 2.05. The molecule has 0 aliphatic heterocycles. The summed E-state index contributed by atoms with van der Waals surface area (Å²) in [5.41, 5.74) is 9.97. The number of hydrogen-bond donors (Lipinski definition) is 1. The third kappa shape index (κ3) is 2.25. The van der Waals surface area contributed by atoms with Crippen molar-refractivity contribution in [1.29, 1.82) is 0 Å². The Morgan fingerprint density at radius 1 is 1.15 bits per heavy atom. The number of anilines is 2. The zero-order valence-corrected chi connectivity index (χ0v) is 12.8. The van der Waals surface area contributed by atoms with Gasteiger partial charge >= 0.3 is 0 Å². The third-order valence-corrected chi connectivity index (χ3v) is 3.57. The van der Waals surface area contributed by atoms with Gasteiger partial charge in [0.15, 0.2) is 5.58 Å². The molecule has 1 aromatic heterocycles. The van der Waals surface area contributed by atoms with E-state index in [1.165, 1.54) is 0 Å². The van der Waals surface area contributed by atoms with Crippen molar-refractivity contribution in [2.45, 2.75) is 0 Å². The molecule has 2 N–H and O–H groups in total. The van der Waals surface area contributed by atoms with E-state index in [9.17, 15) is 0 Å². The van der Waals surface area contributed by atoms with E-state index >= 15 is 0 Å². The van der Waals surface area contributed by atoms with Gasteiger partial charge in [-0.2, -0.15) is 0 Å². The molecule has 5 heteroatoms. The van der Waals surface area contributed by atoms with Gasteiger partial charge in [0.2, 0.25) is 5.89 Å². The number of nitrogens with zero attached hydrogens (tertiary/aromatic N) is 2. The van der Waals surface area contributed by atoms with E-state index in [2.05, 4.69) is 20.9 Å². The summed E-state index contributed by atoms with van der Waals surface area (Å²) in [6.07, 6.45) is 0. The minimum absolute atomic E-state index is 0.579. The Morgan fingerprint density at radius 2 is 1.85 bits per heavy atom. The van der Waals surface area contributed by atoms with Crippen molar-refractivity contribution in [3.05, 3.63) is 40.9 Å². The summed E-state index contributed by atoms with van der Waals surface area (Å²) in [5.74, 6) is 0.579. The molecule has 0 fully saturated rings. The van der Waals surface area contributed by atoms with Crippen molar-refractivity contribution < 1.29 is 4.42 Å². The maximum absolute atomic E-state index is 5.94. The van der Waals surface area contributed by atoms with E-state index in [1.54, 1.807) is 0 Å². The van der Waals surface area contributed by atoms with Crippen LogP contribution in [-0.4, -0.2) is 19.1 Å². The monoisotopic (exact) mass is 331 g/mol. The number of oxazole rings is 1. The second kappa shape index (κ2) is 4.83. The fraction of sp³-hybridized carbons (Fsp3) is 0.133. The molecular formula is C15H14BrN3O. The van der Waals surface area contributed by atoms with E-state index in [0.29, 0.717) is 17.2 Å². The Labute approximate surface area is 125 Å². The molecule has 0 aliphatic rings. The Kier molecular flexibility index (Phi) is 3.14. The zero-order valence-electron chi connectivity index (χ0n) is 11.2. The lowest BCUT2D eigenvalue weighted by molar-refractivity contribution is 0.621. The van der Waals surface area contributed by atoms with E-state index in [4.69, 9.17) is 10.2 Å².